The van der Waals surface area contributed by atoms with E-state index in [-0.39, 0.29) is 5.91 Å². The highest BCUT2D eigenvalue weighted by atomic mass is 79.9. The molecule has 1 aromatic heterocycles. The summed E-state index contributed by atoms with van der Waals surface area (Å²) >= 11 is 3.37. The fourth-order valence-corrected chi connectivity index (χ4v) is 2.95. The minimum absolute atomic E-state index is 0.132. The Balaban J connectivity index is 1.60. The van der Waals surface area contributed by atoms with Crippen LogP contribution in [-0.2, 0) is 11.3 Å². The Morgan fingerprint density at radius 3 is 3.00 bits per heavy atom. The molecule has 0 unspecified atom stereocenters. The van der Waals surface area contributed by atoms with Gasteiger partial charge in [0.15, 0.2) is 0 Å². The largest absolute Gasteiger partial charge is 0.381 e. The molecule has 0 saturated carbocycles. The number of ether oxygens (including phenoxy) is 1. The number of carbonyl (C=O) groups excluding carboxylic acids is 1. The van der Waals surface area contributed by atoms with Crippen LogP contribution in [0.5, 0.6) is 0 Å². The summed E-state index contributed by atoms with van der Waals surface area (Å²) in [5, 5.41) is 7.20. The molecule has 22 heavy (non-hydrogen) atoms. The van der Waals surface area contributed by atoms with Crippen molar-refractivity contribution in [1.29, 1.82) is 0 Å². The Hall–Kier alpha value is -1.66. The van der Waals surface area contributed by atoms with Gasteiger partial charge in [0.25, 0.3) is 5.91 Å². The second-order valence-electron chi connectivity index (χ2n) is 5.47. The van der Waals surface area contributed by atoms with Gasteiger partial charge in [-0.3, -0.25) is 9.48 Å². The van der Waals surface area contributed by atoms with Crippen molar-refractivity contribution >= 4 is 27.5 Å². The van der Waals surface area contributed by atoms with Crippen molar-refractivity contribution in [2.75, 3.05) is 18.5 Å². The number of nitrogens with one attached hydrogen (secondary N) is 1. The molecule has 1 saturated heterocycles. The summed E-state index contributed by atoms with van der Waals surface area (Å²) in [6.07, 6.45) is 5.71. The summed E-state index contributed by atoms with van der Waals surface area (Å²) in [7, 11) is 0. The van der Waals surface area contributed by atoms with Gasteiger partial charge in [-0.1, -0.05) is 22.0 Å². The number of rotatable bonds is 4. The quantitative estimate of drug-likeness (QED) is 0.906. The monoisotopic (exact) mass is 363 g/mol. The molecule has 0 radical (unpaired) electrons. The van der Waals surface area contributed by atoms with E-state index in [0.29, 0.717) is 11.5 Å². The van der Waals surface area contributed by atoms with Crippen LogP contribution < -0.4 is 5.32 Å². The van der Waals surface area contributed by atoms with Gasteiger partial charge in [0, 0.05) is 36.0 Å². The van der Waals surface area contributed by atoms with E-state index in [9.17, 15) is 4.79 Å². The summed E-state index contributed by atoms with van der Waals surface area (Å²) in [5.41, 5.74) is 1.34. The molecule has 2 heterocycles. The molecule has 0 atom stereocenters. The highest BCUT2D eigenvalue weighted by Gasteiger charge is 2.15. The van der Waals surface area contributed by atoms with Gasteiger partial charge in [-0.15, -0.1) is 0 Å². The van der Waals surface area contributed by atoms with E-state index in [1.54, 1.807) is 18.3 Å². The van der Waals surface area contributed by atoms with Crippen LogP contribution >= 0.6 is 15.9 Å². The van der Waals surface area contributed by atoms with E-state index in [4.69, 9.17) is 4.74 Å². The van der Waals surface area contributed by atoms with Crippen molar-refractivity contribution in [1.82, 2.24) is 9.78 Å². The lowest BCUT2D eigenvalue weighted by molar-refractivity contribution is 0.0601. The zero-order valence-electron chi connectivity index (χ0n) is 12.2. The molecule has 1 aromatic carbocycles. The molecule has 3 rings (SSSR count). The second kappa shape index (κ2) is 7.07. The molecule has 1 fully saturated rings. The molecule has 0 spiro atoms. The molecule has 0 aliphatic carbocycles. The van der Waals surface area contributed by atoms with E-state index in [1.165, 1.54) is 0 Å². The van der Waals surface area contributed by atoms with Gasteiger partial charge >= 0.3 is 0 Å². The maximum atomic E-state index is 12.2. The molecular formula is C16H18BrN3O2. The second-order valence-corrected chi connectivity index (χ2v) is 6.39. The van der Waals surface area contributed by atoms with Crippen molar-refractivity contribution in [2.45, 2.75) is 19.4 Å². The van der Waals surface area contributed by atoms with Crippen LogP contribution in [0.2, 0.25) is 0 Å². The molecule has 6 heteroatoms. The average molecular weight is 364 g/mol. The lowest BCUT2D eigenvalue weighted by atomic mass is 10.0. The average Bonchev–Trinajstić information content (AvgIpc) is 2.95. The molecule has 1 aliphatic heterocycles. The van der Waals surface area contributed by atoms with E-state index in [0.717, 1.165) is 42.8 Å². The van der Waals surface area contributed by atoms with Gasteiger partial charge in [0.2, 0.25) is 0 Å². The Morgan fingerprint density at radius 2 is 2.23 bits per heavy atom. The maximum Gasteiger partial charge on any atom is 0.255 e. The summed E-state index contributed by atoms with van der Waals surface area (Å²) < 4.78 is 8.14. The van der Waals surface area contributed by atoms with Crippen molar-refractivity contribution in [3.05, 3.63) is 46.7 Å². The van der Waals surface area contributed by atoms with Crippen molar-refractivity contribution in [3.8, 4) is 0 Å². The number of carbonyl (C=O) groups is 1. The van der Waals surface area contributed by atoms with Gasteiger partial charge in [0.05, 0.1) is 11.9 Å². The number of benzene rings is 1. The molecular weight excluding hydrogens is 346 g/mol. The number of anilines is 1. The van der Waals surface area contributed by atoms with Crippen molar-refractivity contribution in [3.63, 3.8) is 0 Å². The first-order valence-electron chi connectivity index (χ1n) is 7.38. The normalized spacial score (nSPS) is 15.7. The van der Waals surface area contributed by atoms with Crippen LogP contribution in [0.3, 0.4) is 0 Å². The first-order chi connectivity index (χ1) is 10.7. The molecule has 116 valence electrons. The van der Waals surface area contributed by atoms with Crippen LogP contribution in [0.25, 0.3) is 0 Å². The predicted molar refractivity (Wildman–Crippen MR) is 87.9 cm³/mol. The molecule has 1 amide bonds. The molecule has 5 nitrogen and oxygen atoms in total. The number of aromatic nitrogens is 2. The smallest absolute Gasteiger partial charge is 0.255 e. The number of halogens is 1. The SMILES string of the molecule is O=C(Nc1cnn(CC2CCOCC2)c1)c1cccc(Br)c1. The summed E-state index contributed by atoms with van der Waals surface area (Å²) in [6, 6.07) is 7.31. The molecule has 2 aromatic rings. The number of amides is 1. The van der Waals surface area contributed by atoms with Crippen molar-refractivity contribution < 1.29 is 9.53 Å². The van der Waals surface area contributed by atoms with E-state index in [2.05, 4.69) is 26.3 Å². The third-order valence-electron chi connectivity index (χ3n) is 3.76. The minimum atomic E-state index is -0.132. The molecule has 1 aliphatic rings. The van der Waals surface area contributed by atoms with E-state index in [1.807, 2.05) is 23.0 Å². The van der Waals surface area contributed by atoms with Gasteiger partial charge in [-0.2, -0.15) is 5.10 Å². The highest BCUT2D eigenvalue weighted by molar-refractivity contribution is 9.10. The molecule has 1 N–H and O–H groups in total. The minimum Gasteiger partial charge on any atom is -0.381 e. The third kappa shape index (κ3) is 3.96. The van der Waals surface area contributed by atoms with Crippen LogP contribution in [0.1, 0.15) is 23.2 Å². The highest BCUT2D eigenvalue weighted by Crippen LogP contribution is 2.18. The number of hydrogen-bond donors (Lipinski definition) is 1. The summed E-state index contributed by atoms with van der Waals surface area (Å²) in [6.45, 7) is 2.53. The zero-order chi connectivity index (χ0) is 15.4. The van der Waals surface area contributed by atoms with Gasteiger partial charge in [0.1, 0.15) is 0 Å². The van der Waals surface area contributed by atoms with Crippen LogP contribution in [0.4, 0.5) is 5.69 Å². The third-order valence-corrected chi connectivity index (χ3v) is 4.26. The first-order valence-corrected chi connectivity index (χ1v) is 8.17. The zero-order valence-corrected chi connectivity index (χ0v) is 13.8. The summed E-state index contributed by atoms with van der Waals surface area (Å²) in [4.78, 5) is 12.2. The van der Waals surface area contributed by atoms with E-state index < -0.39 is 0 Å². The summed E-state index contributed by atoms with van der Waals surface area (Å²) in [5.74, 6) is 0.467. The Labute approximate surface area is 137 Å². The van der Waals surface area contributed by atoms with Crippen LogP contribution in [-0.4, -0.2) is 28.9 Å². The van der Waals surface area contributed by atoms with Gasteiger partial charge < -0.3 is 10.1 Å². The lowest BCUT2D eigenvalue weighted by Gasteiger charge is -2.21. The Bertz CT molecular complexity index is 650. The fourth-order valence-electron chi connectivity index (χ4n) is 2.55. The van der Waals surface area contributed by atoms with Gasteiger partial charge in [-0.05, 0) is 37.0 Å². The van der Waals surface area contributed by atoms with Crippen molar-refractivity contribution in [2.24, 2.45) is 5.92 Å². The van der Waals surface area contributed by atoms with Crippen LogP contribution in [0.15, 0.2) is 41.1 Å². The fraction of sp³-hybridized carbons (Fsp3) is 0.375. The maximum absolute atomic E-state index is 12.2. The number of hydrogen-bond acceptors (Lipinski definition) is 3. The number of nitrogens with zero attached hydrogens (tertiary/aromatic N) is 2. The van der Waals surface area contributed by atoms with Gasteiger partial charge in [-0.25, -0.2) is 0 Å². The standard InChI is InChI=1S/C16H18BrN3O2/c17-14-3-1-2-13(8-14)16(21)19-15-9-18-20(11-15)10-12-4-6-22-7-5-12/h1-3,8-9,11-12H,4-7,10H2,(H,19,21). The Kier molecular flexibility index (Phi) is 4.90. The predicted octanol–water partition coefficient (Wildman–Crippen LogP) is 3.32. The first kappa shape index (κ1) is 15.2. The molecule has 0 bridgehead atoms. The Morgan fingerprint density at radius 1 is 1.41 bits per heavy atom. The van der Waals surface area contributed by atoms with Crippen LogP contribution in [0, 0.1) is 5.92 Å². The lowest BCUT2D eigenvalue weighted by Crippen LogP contribution is -2.20. The van der Waals surface area contributed by atoms with E-state index >= 15 is 0 Å². The topological polar surface area (TPSA) is 56.2 Å².